The summed E-state index contributed by atoms with van der Waals surface area (Å²) < 4.78 is 74.1. The van der Waals surface area contributed by atoms with E-state index in [0.717, 1.165) is 44.5 Å². The maximum atomic E-state index is 13.2. The largest absolute Gasteiger partial charge is 0.300 e. The van der Waals surface area contributed by atoms with Gasteiger partial charge in [0, 0.05) is 22.3 Å². The molecule has 0 bridgehead atoms. The Labute approximate surface area is 277 Å². The summed E-state index contributed by atoms with van der Waals surface area (Å²) in [6, 6.07) is 29.2. The highest BCUT2D eigenvalue weighted by molar-refractivity contribution is 7.86. The van der Waals surface area contributed by atoms with Crippen molar-refractivity contribution >= 4 is 48.7 Å². The Balaban J connectivity index is 1.46. The summed E-state index contributed by atoms with van der Waals surface area (Å²) in [5.74, 6) is 0. The summed E-state index contributed by atoms with van der Waals surface area (Å²) in [7, 11) is -9.64. The van der Waals surface area contributed by atoms with Gasteiger partial charge in [-0.2, -0.15) is 16.8 Å². The van der Waals surface area contributed by atoms with Crippen LogP contribution >= 0.6 is 0 Å². The number of fused-ring (bicyclic) bond motifs is 9. The Kier molecular flexibility index (Phi) is 5.99. The molecule has 0 saturated carbocycles. The highest BCUT2D eigenvalue weighted by Gasteiger charge is 2.39. The number of benzene rings is 5. The van der Waals surface area contributed by atoms with Gasteiger partial charge in [0.15, 0.2) is 0 Å². The van der Waals surface area contributed by atoms with E-state index in [0.29, 0.717) is 35.1 Å². The van der Waals surface area contributed by atoms with Crippen molar-refractivity contribution in [1.29, 1.82) is 5.41 Å². The first-order valence-electron chi connectivity index (χ1n) is 15.3. The molecule has 0 spiro atoms. The van der Waals surface area contributed by atoms with E-state index in [4.69, 9.17) is 0 Å². The molecule has 0 fully saturated rings. The van der Waals surface area contributed by atoms with E-state index in [1.54, 1.807) is 12.1 Å². The lowest BCUT2D eigenvalue weighted by atomic mass is 9.77. The van der Waals surface area contributed by atoms with Crippen LogP contribution in [-0.2, 0) is 33.1 Å². The van der Waals surface area contributed by atoms with Crippen LogP contribution in [0.25, 0.3) is 45.0 Å². The smallest absolute Gasteiger partial charge is 0.295 e. The van der Waals surface area contributed by atoms with Gasteiger partial charge in [0.25, 0.3) is 20.2 Å². The molecule has 9 rings (SSSR count). The van der Waals surface area contributed by atoms with E-state index in [-0.39, 0.29) is 37.8 Å². The first kappa shape index (κ1) is 29.0. The van der Waals surface area contributed by atoms with Crippen LogP contribution in [0.2, 0.25) is 0 Å². The number of hydrogen-bond acceptors (Lipinski definition) is 5. The predicted molar refractivity (Wildman–Crippen MR) is 186 cm³/mol. The minimum atomic E-state index is -4.83. The predicted octanol–water partition coefficient (Wildman–Crippen LogP) is 7.75. The Bertz CT molecular complexity index is 2680. The maximum absolute atomic E-state index is 13.2. The van der Waals surface area contributed by atoms with E-state index in [1.807, 2.05) is 84.9 Å². The van der Waals surface area contributed by atoms with Gasteiger partial charge in [-0.1, -0.05) is 84.9 Å². The van der Waals surface area contributed by atoms with Crippen molar-refractivity contribution in [2.24, 2.45) is 0 Å². The van der Waals surface area contributed by atoms with E-state index >= 15 is 0 Å². The molecule has 0 radical (unpaired) electrons. The van der Waals surface area contributed by atoms with Gasteiger partial charge in [-0.05, 0) is 104 Å². The molecule has 0 aromatic heterocycles. The van der Waals surface area contributed by atoms with Crippen LogP contribution in [0.3, 0.4) is 0 Å². The molecule has 0 atom stereocenters. The maximum Gasteiger partial charge on any atom is 0.295 e. The highest BCUT2D eigenvalue weighted by atomic mass is 32.2. The molecule has 9 heteroatoms. The second-order valence-electron chi connectivity index (χ2n) is 12.4. The highest BCUT2D eigenvalue weighted by Crippen LogP contribution is 2.53. The normalized spacial score (nSPS) is 15.7. The molecular weight excluding hydrogens is 643 g/mol. The van der Waals surface area contributed by atoms with Crippen molar-refractivity contribution < 1.29 is 25.9 Å². The minimum Gasteiger partial charge on any atom is -0.300 e. The standard InChI is InChI=1S/C39H25NO6S2/c40-39-32-19-23-9-3-6-12-26(23)29(32)20-33(36-30-17-21-7-1-4-10-24(21)27(30)13-15-34(36)47(41,42)43)38(39)37-31-18-22-8-2-5-11-25(22)28(31)14-16-35(37)48(44,45)46/h1-16,19-20,40H,17-18H2,(H,41,42,43)(H,44,45,46). The first-order chi connectivity index (χ1) is 23.0. The fourth-order valence-corrected chi connectivity index (χ4v) is 9.39. The van der Waals surface area contributed by atoms with Crippen LogP contribution in [0.1, 0.15) is 44.5 Å². The lowest BCUT2D eigenvalue weighted by molar-refractivity contribution is 0.480. The Morgan fingerprint density at radius 2 is 1.02 bits per heavy atom. The summed E-state index contributed by atoms with van der Waals surface area (Å²) in [5, 5.41) is 9.79. The van der Waals surface area contributed by atoms with Crippen LogP contribution in [0, 0.1) is 5.41 Å². The first-order valence-corrected chi connectivity index (χ1v) is 18.2. The van der Waals surface area contributed by atoms with Crippen molar-refractivity contribution in [1.82, 2.24) is 0 Å². The molecule has 5 aromatic carbocycles. The van der Waals surface area contributed by atoms with Gasteiger partial charge in [-0.25, -0.2) is 0 Å². The number of rotatable bonds is 4. The van der Waals surface area contributed by atoms with Crippen LogP contribution < -0.4 is 0 Å². The summed E-state index contributed by atoms with van der Waals surface area (Å²) >= 11 is 0. The monoisotopic (exact) mass is 667 g/mol. The average molecular weight is 668 g/mol. The fourth-order valence-electron chi connectivity index (χ4n) is 7.93. The van der Waals surface area contributed by atoms with Crippen molar-refractivity contribution in [3.05, 3.63) is 153 Å². The third-order valence-electron chi connectivity index (χ3n) is 9.89. The van der Waals surface area contributed by atoms with Gasteiger partial charge < -0.3 is 0 Å². The Hall–Kier alpha value is -5.19. The van der Waals surface area contributed by atoms with Crippen LogP contribution in [0.15, 0.2) is 119 Å². The molecular formula is C39H25NO6S2. The molecule has 3 N–H and O–H groups in total. The molecule has 4 aliphatic rings. The topological polar surface area (TPSA) is 133 Å². The van der Waals surface area contributed by atoms with E-state index < -0.39 is 20.2 Å². The van der Waals surface area contributed by atoms with Crippen LogP contribution in [0.5, 0.6) is 0 Å². The molecule has 0 heterocycles. The van der Waals surface area contributed by atoms with Gasteiger partial charge in [0.2, 0.25) is 0 Å². The van der Waals surface area contributed by atoms with Crippen molar-refractivity contribution in [3.63, 3.8) is 0 Å². The zero-order chi connectivity index (χ0) is 33.1. The lowest BCUT2D eigenvalue weighted by Gasteiger charge is -2.27. The Morgan fingerprint density at radius 1 is 0.521 bits per heavy atom. The average Bonchev–Trinajstić information content (AvgIpc) is 3.75. The zero-order valence-electron chi connectivity index (χ0n) is 25.2. The third-order valence-corrected chi connectivity index (χ3v) is 11.7. The number of nitrogens with one attached hydrogen (secondary N) is 1. The number of allylic oxidation sites excluding steroid dienone is 5. The molecule has 0 saturated heterocycles. The number of hydrogen-bond donors (Lipinski definition) is 3. The molecule has 48 heavy (non-hydrogen) atoms. The molecule has 0 aliphatic heterocycles. The molecule has 234 valence electrons. The lowest BCUT2D eigenvalue weighted by Crippen LogP contribution is -2.17. The molecule has 0 amide bonds. The summed E-state index contributed by atoms with van der Waals surface area (Å²) in [6.07, 6.45) is 4.39. The van der Waals surface area contributed by atoms with Crippen LogP contribution in [0.4, 0.5) is 0 Å². The van der Waals surface area contributed by atoms with Crippen molar-refractivity contribution in [2.75, 3.05) is 0 Å². The van der Waals surface area contributed by atoms with Crippen molar-refractivity contribution in [3.8, 4) is 22.3 Å². The molecule has 4 aliphatic carbocycles. The quantitative estimate of drug-likeness (QED) is 0.165. The molecule has 5 aromatic rings. The van der Waals surface area contributed by atoms with Gasteiger partial charge in [-0.3, -0.25) is 14.5 Å². The van der Waals surface area contributed by atoms with Crippen molar-refractivity contribution in [2.45, 2.75) is 22.6 Å². The second kappa shape index (κ2) is 9.91. The zero-order valence-corrected chi connectivity index (χ0v) is 26.8. The Morgan fingerprint density at radius 3 is 1.60 bits per heavy atom. The summed E-state index contributed by atoms with van der Waals surface area (Å²) in [5.41, 5.74) is 10.3. The third kappa shape index (κ3) is 4.09. The van der Waals surface area contributed by atoms with E-state index in [9.17, 15) is 31.4 Å². The van der Waals surface area contributed by atoms with Gasteiger partial charge >= 0.3 is 0 Å². The van der Waals surface area contributed by atoms with E-state index in [1.165, 1.54) is 12.1 Å². The fraction of sp³-hybridized carbons (Fsp3) is 0.0513. The minimum absolute atomic E-state index is 0.0117. The second-order valence-corrected chi connectivity index (χ2v) is 15.2. The van der Waals surface area contributed by atoms with Gasteiger partial charge in [0.1, 0.15) is 9.79 Å². The molecule has 0 unspecified atom stereocenters. The SMILES string of the molecule is N=C1C2=Cc3ccccc3C2=CC(c2c(S(=O)(=O)O)ccc3c2Cc2ccccc2-3)=C1c1c(S(=O)(=O)O)ccc2c1Cc1ccccc1-2. The molecule has 7 nitrogen and oxygen atoms in total. The summed E-state index contributed by atoms with van der Waals surface area (Å²) in [4.78, 5) is -0.710. The summed E-state index contributed by atoms with van der Waals surface area (Å²) in [6.45, 7) is 0. The van der Waals surface area contributed by atoms with Crippen LogP contribution in [-0.4, -0.2) is 31.7 Å². The van der Waals surface area contributed by atoms with Gasteiger partial charge in [0.05, 0.1) is 5.71 Å². The van der Waals surface area contributed by atoms with E-state index in [2.05, 4.69) is 0 Å². The van der Waals surface area contributed by atoms with Gasteiger partial charge in [-0.15, -0.1) is 0 Å².